The molecule has 1 aliphatic rings. The van der Waals surface area contributed by atoms with Crippen LogP contribution in [0.1, 0.15) is 48.0 Å². The van der Waals surface area contributed by atoms with Crippen molar-refractivity contribution in [3.63, 3.8) is 0 Å². The molecule has 9 heteroatoms. The highest BCUT2D eigenvalue weighted by Crippen LogP contribution is 2.42. The number of aryl methyl sites for hydroxylation is 1. The summed E-state index contributed by atoms with van der Waals surface area (Å²) in [7, 11) is 0. The van der Waals surface area contributed by atoms with Crippen LogP contribution in [0.15, 0.2) is 45.9 Å². The molecule has 1 unspecified atom stereocenters. The number of amidine groups is 1. The minimum absolute atomic E-state index is 0.241. The molecule has 3 rings (SSSR count). The SMILES string of the molecule is CCOC(=O)c1cc(C2SC(N(C(C)=O)c3ccccc3)=NN2C(C)=O)oc1C. The Morgan fingerprint density at radius 1 is 1.24 bits per heavy atom. The van der Waals surface area contributed by atoms with Crippen LogP contribution in [0, 0.1) is 6.92 Å². The van der Waals surface area contributed by atoms with Crippen molar-refractivity contribution in [2.75, 3.05) is 11.5 Å². The van der Waals surface area contributed by atoms with Crippen LogP contribution in [0.4, 0.5) is 5.69 Å². The van der Waals surface area contributed by atoms with Gasteiger partial charge in [-0.15, -0.1) is 5.10 Å². The summed E-state index contributed by atoms with van der Waals surface area (Å²) in [6.07, 6.45) is 0. The molecule has 0 saturated carbocycles. The van der Waals surface area contributed by atoms with E-state index in [0.717, 1.165) is 0 Å². The molecule has 2 amide bonds. The molecule has 29 heavy (non-hydrogen) atoms. The Bertz CT molecular complexity index is 970. The molecule has 0 aliphatic carbocycles. The van der Waals surface area contributed by atoms with Gasteiger partial charge in [-0.1, -0.05) is 30.0 Å². The van der Waals surface area contributed by atoms with Gasteiger partial charge in [-0.3, -0.25) is 14.5 Å². The second kappa shape index (κ2) is 8.52. The molecule has 152 valence electrons. The predicted molar refractivity (Wildman–Crippen MR) is 109 cm³/mol. The molecular weight excluding hydrogens is 394 g/mol. The van der Waals surface area contributed by atoms with Crippen molar-refractivity contribution in [1.29, 1.82) is 0 Å². The monoisotopic (exact) mass is 415 g/mol. The third-order valence-electron chi connectivity index (χ3n) is 4.15. The third kappa shape index (κ3) is 4.19. The van der Waals surface area contributed by atoms with Gasteiger partial charge in [0.25, 0.3) is 0 Å². The van der Waals surface area contributed by atoms with Gasteiger partial charge in [0.15, 0.2) is 10.5 Å². The second-order valence-corrected chi connectivity index (χ2v) is 7.29. The maximum atomic E-state index is 12.3. The van der Waals surface area contributed by atoms with E-state index in [1.54, 1.807) is 32.0 Å². The Balaban J connectivity index is 1.95. The Morgan fingerprint density at radius 3 is 2.52 bits per heavy atom. The molecule has 8 nitrogen and oxygen atoms in total. The smallest absolute Gasteiger partial charge is 0.341 e. The number of hydrazone groups is 1. The molecule has 0 fully saturated rings. The summed E-state index contributed by atoms with van der Waals surface area (Å²) in [5, 5.41) is 5.30. The first kappa shape index (κ1) is 20.7. The molecule has 0 radical (unpaired) electrons. The number of thioether (sulfide) groups is 1. The third-order valence-corrected chi connectivity index (χ3v) is 5.28. The molecule has 1 aromatic heterocycles. The number of furan rings is 1. The first-order valence-corrected chi connectivity index (χ1v) is 9.89. The lowest BCUT2D eigenvalue weighted by atomic mass is 10.2. The largest absolute Gasteiger partial charge is 0.462 e. The van der Waals surface area contributed by atoms with Gasteiger partial charge in [0.05, 0.1) is 12.3 Å². The van der Waals surface area contributed by atoms with E-state index in [1.807, 2.05) is 18.2 Å². The topological polar surface area (TPSA) is 92.4 Å². The molecule has 0 bridgehead atoms. The summed E-state index contributed by atoms with van der Waals surface area (Å²) < 4.78 is 10.8. The van der Waals surface area contributed by atoms with Crippen LogP contribution in [-0.4, -0.2) is 34.6 Å². The zero-order chi connectivity index (χ0) is 21.1. The van der Waals surface area contributed by atoms with Crippen molar-refractivity contribution >= 4 is 40.4 Å². The lowest BCUT2D eigenvalue weighted by Crippen LogP contribution is -2.32. The number of anilines is 1. The zero-order valence-corrected chi connectivity index (χ0v) is 17.4. The van der Waals surface area contributed by atoms with Crippen molar-refractivity contribution in [3.8, 4) is 0 Å². The highest BCUT2D eigenvalue weighted by atomic mass is 32.2. The fraction of sp³-hybridized carbons (Fsp3) is 0.300. The molecule has 2 aromatic rings. The van der Waals surface area contributed by atoms with E-state index in [9.17, 15) is 14.4 Å². The lowest BCUT2D eigenvalue weighted by Gasteiger charge is -2.19. The normalized spacial score (nSPS) is 15.8. The summed E-state index contributed by atoms with van der Waals surface area (Å²) in [6.45, 7) is 6.42. The quantitative estimate of drug-likeness (QED) is 0.707. The zero-order valence-electron chi connectivity index (χ0n) is 16.5. The van der Waals surface area contributed by atoms with E-state index >= 15 is 0 Å². The summed E-state index contributed by atoms with van der Waals surface area (Å²) in [5.41, 5.74) is 0.934. The van der Waals surface area contributed by atoms with E-state index in [1.165, 1.54) is 35.5 Å². The number of carbonyl (C=O) groups is 3. The Hall–Kier alpha value is -3.07. The van der Waals surface area contributed by atoms with Crippen LogP contribution in [0.25, 0.3) is 0 Å². The van der Waals surface area contributed by atoms with E-state index in [-0.39, 0.29) is 18.4 Å². The fourth-order valence-corrected chi connectivity index (χ4v) is 4.07. The van der Waals surface area contributed by atoms with Gasteiger partial charge >= 0.3 is 5.97 Å². The van der Waals surface area contributed by atoms with Gasteiger partial charge in [-0.25, -0.2) is 9.80 Å². The number of esters is 1. The Labute approximate surface area is 172 Å². The van der Waals surface area contributed by atoms with Gasteiger partial charge in [-0.05, 0) is 32.0 Å². The predicted octanol–water partition coefficient (Wildman–Crippen LogP) is 3.68. The van der Waals surface area contributed by atoms with E-state index < -0.39 is 11.3 Å². The number of rotatable bonds is 4. The van der Waals surface area contributed by atoms with E-state index in [0.29, 0.717) is 27.9 Å². The van der Waals surface area contributed by atoms with Crippen LogP contribution in [-0.2, 0) is 14.3 Å². The second-order valence-electron chi connectivity index (χ2n) is 6.25. The molecule has 1 atom stereocenters. The number of hydrogen-bond acceptors (Lipinski definition) is 7. The number of hydrogen-bond donors (Lipinski definition) is 0. The van der Waals surface area contributed by atoms with Gasteiger partial charge in [0.1, 0.15) is 17.1 Å². The fourth-order valence-electron chi connectivity index (χ4n) is 2.87. The van der Waals surface area contributed by atoms with Crippen LogP contribution in [0.3, 0.4) is 0 Å². The van der Waals surface area contributed by atoms with Gasteiger partial charge < -0.3 is 9.15 Å². The molecule has 0 spiro atoms. The standard InChI is InChI=1S/C20H21N3O5S/c1-5-27-19(26)16-11-17(28-12(16)2)18-23(14(4)25)21-20(29-18)22(13(3)24)15-9-7-6-8-10-15/h6-11,18H,5H2,1-4H3. The lowest BCUT2D eigenvalue weighted by molar-refractivity contribution is -0.129. The number of nitrogens with zero attached hydrogens (tertiary/aromatic N) is 3. The van der Waals surface area contributed by atoms with Gasteiger partial charge in [-0.2, -0.15) is 0 Å². The van der Waals surface area contributed by atoms with Crippen LogP contribution >= 0.6 is 11.8 Å². The molecule has 1 aromatic carbocycles. The summed E-state index contributed by atoms with van der Waals surface area (Å²) in [5.74, 6) is -0.285. The van der Waals surface area contributed by atoms with Gasteiger partial charge in [0, 0.05) is 13.8 Å². The van der Waals surface area contributed by atoms with Crippen LogP contribution in [0.5, 0.6) is 0 Å². The van der Waals surface area contributed by atoms with E-state index in [4.69, 9.17) is 9.15 Å². The summed E-state index contributed by atoms with van der Waals surface area (Å²) >= 11 is 1.19. The molecule has 0 N–H and O–H groups in total. The number of carbonyl (C=O) groups excluding carboxylic acids is 3. The molecule has 2 heterocycles. The van der Waals surface area contributed by atoms with Crippen LogP contribution in [0.2, 0.25) is 0 Å². The summed E-state index contributed by atoms with van der Waals surface area (Å²) in [6, 6.07) is 10.6. The molecule has 1 aliphatic heterocycles. The minimum atomic E-state index is -0.644. The number of para-hydroxylation sites is 1. The maximum Gasteiger partial charge on any atom is 0.341 e. The minimum Gasteiger partial charge on any atom is -0.462 e. The average molecular weight is 415 g/mol. The van der Waals surface area contributed by atoms with Crippen molar-refractivity contribution < 1.29 is 23.5 Å². The van der Waals surface area contributed by atoms with Crippen molar-refractivity contribution in [3.05, 3.63) is 53.5 Å². The molecular formula is C20H21N3O5S. The van der Waals surface area contributed by atoms with Crippen molar-refractivity contribution in [2.24, 2.45) is 5.10 Å². The van der Waals surface area contributed by atoms with Crippen LogP contribution < -0.4 is 4.90 Å². The molecule has 0 saturated heterocycles. The number of benzene rings is 1. The maximum absolute atomic E-state index is 12.3. The van der Waals surface area contributed by atoms with E-state index in [2.05, 4.69) is 5.10 Å². The first-order valence-electron chi connectivity index (χ1n) is 9.01. The Kier molecular flexibility index (Phi) is 6.07. The first-order chi connectivity index (χ1) is 13.8. The Morgan fingerprint density at radius 2 is 1.93 bits per heavy atom. The number of ether oxygens (including phenoxy) is 1. The highest BCUT2D eigenvalue weighted by Gasteiger charge is 2.38. The number of amides is 2. The van der Waals surface area contributed by atoms with Crippen molar-refractivity contribution in [1.82, 2.24) is 5.01 Å². The van der Waals surface area contributed by atoms with Crippen molar-refractivity contribution in [2.45, 2.75) is 33.1 Å². The van der Waals surface area contributed by atoms with Gasteiger partial charge in [0.2, 0.25) is 11.8 Å². The average Bonchev–Trinajstić information content (AvgIpc) is 3.27. The highest BCUT2D eigenvalue weighted by molar-refractivity contribution is 8.14. The summed E-state index contributed by atoms with van der Waals surface area (Å²) in [4.78, 5) is 38.1.